The van der Waals surface area contributed by atoms with Gasteiger partial charge in [0.25, 0.3) is 0 Å². The monoisotopic (exact) mass is 119 g/mol. The van der Waals surface area contributed by atoms with E-state index in [4.69, 9.17) is 9.47 Å². The molecule has 0 aromatic rings. The van der Waals surface area contributed by atoms with Gasteiger partial charge in [0.2, 0.25) is 0 Å². The number of rotatable bonds is 1. The topological polar surface area (TPSA) is 18.5 Å². The summed E-state index contributed by atoms with van der Waals surface area (Å²) >= 11 is 4.66. The van der Waals surface area contributed by atoms with E-state index < -0.39 is 0 Å². The Kier molecular flexibility index (Phi) is 1.97. The van der Waals surface area contributed by atoms with Crippen LogP contribution in [0.5, 0.6) is 0 Å². The third-order valence-electron chi connectivity index (χ3n) is 0.827. The van der Waals surface area contributed by atoms with Gasteiger partial charge in [0.05, 0.1) is 19.0 Å². The molecule has 0 N–H and O–H groups in total. The molecule has 1 aliphatic rings. The fraction of sp³-hybridized carbons (Fsp3) is 1.00. The molecule has 1 fully saturated rings. The molecule has 3 heteroatoms. The molecular formula is C4H7O2S. The van der Waals surface area contributed by atoms with Gasteiger partial charge in [-0.15, -0.1) is 0 Å². The summed E-state index contributed by atoms with van der Waals surface area (Å²) in [6.07, 6.45) is -0.0880. The van der Waals surface area contributed by atoms with Crippen LogP contribution in [0.2, 0.25) is 0 Å². The Morgan fingerprint density at radius 2 is 2.00 bits per heavy atom. The fourth-order valence-corrected chi connectivity index (χ4v) is 0.696. The minimum Gasteiger partial charge on any atom is -0.349 e. The van der Waals surface area contributed by atoms with Crippen molar-refractivity contribution in [2.24, 2.45) is 0 Å². The van der Waals surface area contributed by atoms with Crippen molar-refractivity contribution in [3.8, 4) is 0 Å². The van der Waals surface area contributed by atoms with E-state index in [1.807, 2.05) is 0 Å². The quantitative estimate of drug-likeness (QED) is 0.502. The van der Waals surface area contributed by atoms with E-state index in [9.17, 15) is 0 Å². The van der Waals surface area contributed by atoms with E-state index in [1.165, 1.54) is 0 Å². The van der Waals surface area contributed by atoms with Gasteiger partial charge in [-0.25, -0.2) is 0 Å². The first-order valence-electron chi connectivity index (χ1n) is 2.25. The van der Waals surface area contributed by atoms with Gasteiger partial charge < -0.3 is 9.47 Å². The predicted molar refractivity (Wildman–Crippen MR) is 28.1 cm³/mol. The summed E-state index contributed by atoms with van der Waals surface area (Å²) in [6.45, 7) is 1.42. The van der Waals surface area contributed by atoms with Gasteiger partial charge in [-0.1, -0.05) is 12.6 Å². The average Bonchev–Trinajstić information content (AvgIpc) is 2.14. The molecule has 41 valence electrons. The van der Waals surface area contributed by atoms with Crippen LogP contribution in [0.3, 0.4) is 0 Å². The molecule has 0 spiro atoms. The molecular weight excluding hydrogens is 112 g/mol. The molecule has 0 aromatic heterocycles. The van der Waals surface area contributed by atoms with Gasteiger partial charge in [0.1, 0.15) is 0 Å². The molecule has 0 saturated carbocycles. The van der Waals surface area contributed by atoms with Crippen molar-refractivity contribution < 1.29 is 9.47 Å². The third kappa shape index (κ3) is 1.33. The van der Waals surface area contributed by atoms with E-state index in [0.29, 0.717) is 19.0 Å². The molecule has 1 heterocycles. The van der Waals surface area contributed by atoms with Crippen molar-refractivity contribution in [1.82, 2.24) is 0 Å². The Morgan fingerprint density at radius 3 is 2.29 bits per heavy atom. The van der Waals surface area contributed by atoms with Crippen LogP contribution in [0, 0.1) is 0 Å². The Labute approximate surface area is 48.2 Å². The van der Waals surface area contributed by atoms with Crippen LogP contribution in [0.1, 0.15) is 0 Å². The van der Waals surface area contributed by atoms with Crippen molar-refractivity contribution >= 4 is 12.6 Å². The van der Waals surface area contributed by atoms with Gasteiger partial charge in [0.15, 0.2) is 6.29 Å². The SMILES string of the molecule is [S]CC1OCCO1. The highest BCUT2D eigenvalue weighted by Gasteiger charge is 2.12. The van der Waals surface area contributed by atoms with Gasteiger partial charge in [0, 0.05) is 0 Å². The second-order valence-electron chi connectivity index (χ2n) is 1.34. The highest BCUT2D eigenvalue weighted by atomic mass is 32.1. The number of hydrogen-bond acceptors (Lipinski definition) is 2. The summed E-state index contributed by atoms with van der Waals surface area (Å²) in [7, 11) is 0. The average molecular weight is 119 g/mol. The standard InChI is InChI=1S/C4H7O2S/c7-3-4-5-1-2-6-4/h4H,1-3H2. The first kappa shape index (κ1) is 5.41. The summed E-state index contributed by atoms with van der Waals surface area (Å²) in [5.74, 6) is 0.556. The van der Waals surface area contributed by atoms with Gasteiger partial charge in [-0.3, -0.25) is 0 Å². The zero-order chi connectivity index (χ0) is 5.11. The normalized spacial score (nSPS) is 23.6. The van der Waals surface area contributed by atoms with E-state index in [2.05, 4.69) is 12.6 Å². The fourth-order valence-electron chi connectivity index (χ4n) is 0.503. The smallest absolute Gasteiger partial charge is 0.167 e. The lowest BCUT2D eigenvalue weighted by atomic mass is 10.8. The summed E-state index contributed by atoms with van der Waals surface area (Å²) in [5.41, 5.74) is 0. The predicted octanol–water partition coefficient (Wildman–Crippen LogP) is 0.557. The highest BCUT2D eigenvalue weighted by Crippen LogP contribution is 2.03. The number of hydrogen-bond donors (Lipinski definition) is 0. The first-order valence-corrected chi connectivity index (χ1v) is 2.82. The van der Waals surface area contributed by atoms with Crippen LogP contribution in [-0.4, -0.2) is 25.3 Å². The van der Waals surface area contributed by atoms with Gasteiger partial charge in [-0.2, -0.15) is 0 Å². The maximum absolute atomic E-state index is 4.98. The first-order chi connectivity index (χ1) is 3.43. The summed E-state index contributed by atoms with van der Waals surface area (Å²) < 4.78 is 9.95. The Morgan fingerprint density at radius 1 is 1.43 bits per heavy atom. The van der Waals surface area contributed by atoms with E-state index in [1.54, 1.807) is 0 Å². The Bertz CT molecular complexity index is 51.7. The van der Waals surface area contributed by atoms with Crippen LogP contribution >= 0.6 is 12.6 Å². The molecule has 1 rings (SSSR count). The van der Waals surface area contributed by atoms with Crippen molar-refractivity contribution in [3.05, 3.63) is 0 Å². The lowest BCUT2D eigenvalue weighted by Crippen LogP contribution is -2.07. The van der Waals surface area contributed by atoms with E-state index in [0.717, 1.165) is 0 Å². The Hall–Kier alpha value is 0.270. The van der Waals surface area contributed by atoms with Crippen molar-refractivity contribution in [3.63, 3.8) is 0 Å². The third-order valence-corrected chi connectivity index (χ3v) is 1.10. The van der Waals surface area contributed by atoms with Crippen LogP contribution in [0.15, 0.2) is 0 Å². The van der Waals surface area contributed by atoms with Crippen molar-refractivity contribution in [2.75, 3.05) is 19.0 Å². The maximum atomic E-state index is 4.98. The van der Waals surface area contributed by atoms with E-state index >= 15 is 0 Å². The minimum absolute atomic E-state index is 0.0880. The maximum Gasteiger partial charge on any atom is 0.167 e. The second kappa shape index (κ2) is 2.55. The number of ether oxygens (including phenoxy) is 2. The molecule has 0 amide bonds. The lowest BCUT2D eigenvalue weighted by molar-refractivity contribution is -0.0211. The van der Waals surface area contributed by atoms with Gasteiger partial charge in [-0.05, 0) is 0 Å². The molecule has 7 heavy (non-hydrogen) atoms. The lowest BCUT2D eigenvalue weighted by Gasteiger charge is -2.00. The van der Waals surface area contributed by atoms with Crippen LogP contribution in [0.4, 0.5) is 0 Å². The summed E-state index contributed by atoms with van der Waals surface area (Å²) in [5, 5.41) is 0. The molecule has 2 nitrogen and oxygen atoms in total. The van der Waals surface area contributed by atoms with Crippen molar-refractivity contribution in [2.45, 2.75) is 6.29 Å². The van der Waals surface area contributed by atoms with Crippen LogP contribution in [0.25, 0.3) is 0 Å². The largest absolute Gasteiger partial charge is 0.349 e. The second-order valence-corrected chi connectivity index (χ2v) is 1.67. The Balaban J connectivity index is 2.14. The van der Waals surface area contributed by atoms with Crippen molar-refractivity contribution in [1.29, 1.82) is 0 Å². The molecule has 0 unspecified atom stereocenters. The molecule has 1 radical (unpaired) electrons. The molecule has 0 aliphatic carbocycles. The van der Waals surface area contributed by atoms with E-state index in [-0.39, 0.29) is 6.29 Å². The molecule has 1 aliphatic heterocycles. The molecule has 1 saturated heterocycles. The zero-order valence-corrected chi connectivity index (χ0v) is 4.74. The summed E-state index contributed by atoms with van der Waals surface area (Å²) in [6, 6.07) is 0. The van der Waals surface area contributed by atoms with Crippen LogP contribution < -0.4 is 0 Å². The van der Waals surface area contributed by atoms with Gasteiger partial charge >= 0.3 is 0 Å². The minimum atomic E-state index is -0.0880. The zero-order valence-electron chi connectivity index (χ0n) is 3.92. The molecule has 0 bridgehead atoms. The molecule has 0 aromatic carbocycles. The summed E-state index contributed by atoms with van der Waals surface area (Å²) in [4.78, 5) is 0. The molecule has 0 atom stereocenters. The highest BCUT2D eigenvalue weighted by molar-refractivity contribution is 7.80. The van der Waals surface area contributed by atoms with Crippen LogP contribution in [-0.2, 0) is 9.47 Å².